The van der Waals surface area contributed by atoms with E-state index in [9.17, 15) is 0 Å². The maximum Gasteiger partial charge on any atom is 0.0794 e. The van der Waals surface area contributed by atoms with Crippen LogP contribution in [0, 0.1) is 0 Å². The minimum Gasteiger partial charge on any atom is -0.375 e. The second-order valence-electron chi connectivity index (χ2n) is 4.11. The smallest absolute Gasteiger partial charge is 0.0794 e. The lowest BCUT2D eigenvalue weighted by Crippen LogP contribution is -2.26. The van der Waals surface area contributed by atoms with Crippen molar-refractivity contribution in [2.75, 3.05) is 13.2 Å². The van der Waals surface area contributed by atoms with Gasteiger partial charge in [0.05, 0.1) is 17.7 Å². The molecule has 0 amide bonds. The number of aromatic nitrogens is 1. The zero-order chi connectivity index (χ0) is 10.4. The van der Waals surface area contributed by atoms with Crippen molar-refractivity contribution in [1.29, 1.82) is 0 Å². The molecule has 0 unspecified atom stereocenters. The SMILES string of the molecule is CC(C)(C)OCCNCc1cncs1. The predicted octanol–water partition coefficient (Wildman–Crippen LogP) is 2.05. The topological polar surface area (TPSA) is 34.1 Å². The Morgan fingerprint density at radius 1 is 1.50 bits per heavy atom. The van der Waals surface area contributed by atoms with Crippen molar-refractivity contribution in [2.24, 2.45) is 0 Å². The van der Waals surface area contributed by atoms with Gasteiger partial charge in [-0.15, -0.1) is 11.3 Å². The second-order valence-corrected chi connectivity index (χ2v) is 5.08. The summed E-state index contributed by atoms with van der Waals surface area (Å²) in [7, 11) is 0. The molecule has 4 heteroatoms. The van der Waals surface area contributed by atoms with Gasteiger partial charge in [-0.3, -0.25) is 4.98 Å². The highest BCUT2D eigenvalue weighted by Crippen LogP contribution is 2.06. The van der Waals surface area contributed by atoms with E-state index in [1.807, 2.05) is 11.7 Å². The molecule has 1 N–H and O–H groups in total. The zero-order valence-corrected chi connectivity index (χ0v) is 9.86. The molecule has 0 aliphatic heterocycles. The molecule has 80 valence electrons. The molecule has 0 atom stereocenters. The summed E-state index contributed by atoms with van der Waals surface area (Å²) in [6.07, 6.45) is 1.89. The molecule has 0 aliphatic rings. The molecule has 0 aliphatic carbocycles. The van der Waals surface area contributed by atoms with Crippen LogP contribution in [-0.2, 0) is 11.3 Å². The van der Waals surface area contributed by atoms with E-state index in [1.165, 1.54) is 4.88 Å². The molecule has 0 fully saturated rings. The Hall–Kier alpha value is -0.450. The summed E-state index contributed by atoms with van der Waals surface area (Å²) in [5.41, 5.74) is 1.81. The highest BCUT2D eigenvalue weighted by molar-refractivity contribution is 7.09. The number of ether oxygens (including phenoxy) is 1. The molecule has 1 rings (SSSR count). The summed E-state index contributed by atoms with van der Waals surface area (Å²) in [5.74, 6) is 0. The van der Waals surface area contributed by atoms with Crippen molar-refractivity contribution in [2.45, 2.75) is 32.9 Å². The Labute approximate surface area is 89.5 Å². The summed E-state index contributed by atoms with van der Waals surface area (Å²) in [6.45, 7) is 8.72. The Bertz CT molecular complexity index is 241. The van der Waals surface area contributed by atoms with Gasteiger partial charge in [0.2, 0.25) is 0 Å². The molecular weight excluding hydrogens is 196 g/mol. The number of nitrogens with zero attached hydrogens (tertiary/aromatic N) is 1. The lowest BCUT2D eigenvalue weighted by atomic mass is 10.2. The fourth-order valence-electron chi connectivity index (χ4n) is 0.970. The van der Waals surface area contributed by atoms with Crippen LogP contribution in [0.4, 0.5) is 0 Å². The van der Waals surface area contributed by atoms with Crippen LogP contribution in [0.25, 0.3) is 0 Å². The standard InChI is InChI=1S/C10H18N2OS/c1-10(2,3)13-5-4-11-6-9-7-12-8-14-9/h7-8,11H,4-6H2,1-3H3. The van der Waals surface area contributed by atoms with Gasteiger partial charge in [0.25, 0.3) is 0 Å². The molecular formula is C10H18N2OS. The molecule has 0 spiro atoms. The Morgan fingerprint density at radius 2 is 2.29 bits per heavy atom. The molecule has 3 nitrogen and oxygen atoms in total. The van der Waals surface area contributed by atoms with E-state index in [0.717, 1.165) is 19.7 Å². The van der Waals surface area contributed by atoms with Crippen molar-refractivity contribution in [1.82, 2.24) is 10.3 Å². The van der Waals surface area contributed by atoms with Crippen molar-refractivity contribution >= 4 is 11.3 Å². The summed E-state index contributed by atoms with van der Waals surface area (Å²) in [4.78, 5) is 5.27. The third kappa shape index (κ3) is 5.32. The van der Waals surface area contributed by atoms with Gasteiger partial charge in [0.1, 0.15) is 0 Å². The maximum atomic E-state index is 5.57. The molecule has 1 heterocycles. The van der Waals surface area contributed by atoms with Gasteiger partial charge >= 0.3 is 0 Å². The lowest BCUT2D eigenvalue weighted by Gasteiger charge is -2.19. The van der Waals surface area contributed by atoms with Crippen LogP contribution in [-0.4, -0.2) is 23.7 Å². The summed E-state index contributed by atoms with van der Waals surface area (Å²) < 4.78 is 5.57. The first-order valence-corrected chi connectivity index (χ1v) is 5.68. The van der Waals surface area contributed by atoms with Crippen LogP contribution in [0.15, 0.2) is 11.7 Å². The minimum atomic E-state index is -0.0355. The van der Waals surface area contributed by atoms with E-state index < -0.39 is 0 Å². The van der Waals surface area contributed by atoms with E-state index in [0.29, 0.717) is 0 Å². The van der Waals surface area contributed by atoms with Crippen LogP contribution in [0.2, 0.25) is 0 Å². The van der Waals surface area contributed by atoms with Crippen molar-refractivity contribution in [3.63, 3.8) is 0 Å². The molecule has 1 aromatic rings. The highest BCUT2D eigenvalue weighted by Gasteiger charge is 2.08. The Balaban J connectivity index is 2.00. The molecule has 14 heavy (non-hydrogen) atoms. The largest absolute Gasteiger partial charge is 0.375 e. The molecule has 0 aromatic carbocycles. The van der Waals surface area contributed by atoms with Crippen LogP contribution in [0.3, 0.4) is 0 Å². The minimum absolute atomic E-state index is 0.0355. The molecule has 1 aromatic heterocycles. The predicted molar refractivity (Wildman–Crippen MR) is 59.5 cm³/mol. The highest BCUT2D eigenvalue weighted by atomic mass is 32.1. The van der Waals surface area contributed by atoms with Crippen molar-refractivity contribution < 1.29 is 4.74 Å². The number of hydrogen-bond acceptors (Lipinski definition) is 4. The van der Waals surface area contributed by atoms with Gasteiger partial charge in [-0.05, 0) is 20.8 Å². The number of hydrogen-bond donors (Lipinski definition) is 1. The van der Waals surface area contributed by atoms with Crippen LogP contribution >= 0.6 is 11.3 Å². The number of nitrogens with one attached hydrogen (secondary N) is 1. The van der Waals surface area contributed by atoms with E-state index >= 15 is 0 Å². The van der Waals surface area contributed by atoms with E-state index in [1.54, 1.807) is 11.3 Å². The molecule has 0 saturated carbocycles. The van der Waals surface area contributed by atoms with Crippen LogP contribution in [0.5, 0.6) is 0 Å². The van der Waals surface area contributed by atoms with Crippen molar-refractivity contribution in [3.8, 4) is 0 Å². The normalized spacial score (nSPS) is 11.9. The van der Waals surface area contributed by atoms with E-state index in [2.05, 4.69) is 31.1 Å². The van der Waals surface area contributed by atoms with Gasteiger partial charge < -0.3 is 10.1 Å². The van der Waals surface area contributed by atoms with Gasteiger partial charge in [0, 0.05) is 24.2 Å². The number of rotatable bonds is 5. The third-order valence-electron chi connectivity index (χ3n) is 1.60. The molecule has 0 radical (unpaired) electrons. The quantitative estimate of drug-likeness (QED) is 0.762. The van der Waals surface area contributed by atoms with Crippen molar-refractivity contribution in [3.05, 3.63) is 16.6 Å². The Kier molecular flexibility index (Phi) is 4.51. The summed E-state index contributed by atoms with van der Waals surface area (Å²) in [5, 5.41) is 3.31. The van der Waals surface area contributed by atoms with E-state index in [4.69, 9.17) is 4.74 Å². The summed E-state index contributed by atoms with van der Waals surface area (Å²) >= 11 is 1.67. The fourth-order valence-corrected chi connectivity index (χ4v) is 1.53. The first-order valence-electron chi connectivity index (χ1n) is 4.80. The Morgan fingerprint density at radius 3 is 2.86 bits per heavy atom. The average Bonchev–Trinajstić information content (AvgIpc) is 2.54. The zero-order valence-electron chi connectivity index (χ0n) is 9.04. The average molecular weight is 214 g/mol. The number of thiazole rings is 1. The van der Waals surface area contributed by atoms with Gasteiger partial charge in [-0.25, -0.2) is 0 Å². The monoisotopic (exact) mass is 214 g/mol. The van der Waals surface area contributed by atoms with Gasteiger partial charge in [-0.2, -0.15) is 0 Å². The first-order chi connectivity index (χ1) is 6.58. The van der Waals surface area contributed by atoms with Gasteiger partial charge in [0.15, 0.2) is 0 Å². The second kappa shape index (κ2) is 5.44. The van der Waals surface area contributed by atoms with Crippen LogP contribution < -0.4 is 5.32 Å². The molecule has 0 bridgehead atoms. The van der Waals surface area contributed by atoms with E-state index in [-0.39, 0.29) is 5.60 Å². The van der Waals surface area contributed by atoms with Crippen LogP contribution in [0.1, 0.15) is 25.6 Å². The maximum absolute atomic E-state index is 5.57. The summed E-state index contributed by atoms with van der Waals surface area (Å²) in [6, 6.07) is 0. The third-order valence-corrected chi connectivity index (χ3v) is 2.38. The lowest BCUT2D eigenvalue weighted by molar-refractivity contribution is -0.000869. The van der Waals surface area contributed by atoms with Gasteiger partial charge in [-0.1, -0.05) is 0 Å². The first kappa shape index (κ1) is 11.6. The fraction of sp³-hybridized carbons (Fsp3) is 0.700. The molecule has 0 saturated heterocycles.